The van der Waals surface area contributed by atoms with Crippen molar-refractivity contribution in [2.75, 3.05) is 0 Å². The molecule has 0 fully saturated rings. The van der Waals surface area contributed by atoms with E-state index < -0.39 is 0 Å². The van der Waals surface area contributed by atoms with Crippen molar-refractivity contribution in [2.24, 2.45) is 0 Å². The zero-order valence-corrected chi connectivity index (χ0v) is 9.72. The third-order valence-electron chi connectivity index (χ3n) is 2.41. The summed E-state index contributed by atoms with van der Waals surface area (Å²) in [5, 5.41) is 12.8. The fourth-order valence-corrected chi connectivity index (χ4v) is 1.54. The lowest BCUT2D eigenvalue weighted by atomic mass is 10.2. The molecule has 17 heavy (non-hydrogen) atoms. The van der Waals surface area contributed by atoms with E-state index in [2.05, 4.69) is 15.3 Å². The highest BCUT2D eigenvalue weighted by molar-refractivity contribution is 5.27. The predicted molar refractivity (Wildman–Crippen MR) is 65.4 cm³/mol. The van der Waals surface area contributed by atoms with Crippen LogP contribution in [0, 0.1) is 6.92 Å². The highest BCUT2D eigenvalue weighted by Gasteiger charge is 2.02. The molecule has 0 aliphatic carbocycles. The van der Waals surface area contributed by atoms with E-state index in [-0.39, 0.29) is 5.75 Å². The maximum atomic E-state index is 9.61. The van der Waals surface area contributed by atoms with Crippen molar-refractivity contribution >= 4 is 0 Å². The summed E-state index contributed by atoms with van der Waals surface area (Å²) in [6, 6.07) is 9.25. The number of nitrogens with one attached hydrogen (secondary N) is 1. The zero-order valence-electron chi connectivity index (χ0n) is 9.72. The minimum absolute atomic E-state index is 0.226. The molecule has 2 N–H and O–H groups in total. The molecule has 0 spiro atoms. The van der Waals surface area contributed by atoms with Gasteiger partial charge in [-0.15, -0.1) is 0 Å². The summed E-state index contributed by atoms with van der Waals surface area (Å²) in [4.78, 5) is 8.48. The molecule has 0 aliphatic rings. The molecule has 2 heterocycles. The van der Waals surface area contributed by atoms with Gasteiger partial charge in [0.1, 0.15) is 5.75 Å². The lowest BCUT2D eigenvalue weighted by Crippen LogP contribution is -2.14. The Morgan fingerprint density at radius 2 is 2.06 bits per heavy atom. The SMILES string of the molecule is Cc1ccc(O)c(CNCc2ccccn2)n1. The first kappa shape index (κ1) is 11.5. The largest absolute Gasteiger partial charge is 0.506 e. The molecule has 0 aliphatic heterocycles. The molecule has 2 aromatic rings. The Kier molecular flexibility index (Phi) is 3.67. The Morgan fingerprint density at radius 1 is 1.18 bits per heavy atom. The Balaban J connectivity index is 1.92. The third kappa shape index (κ3) is 3.26. The van der Waals surface area contributed by atoms with E-state index in [1.165, 1.54) is 0 Å². The topological polar surface area (TPSA) is 58.0 Å². The lowest BCUT2D eigenvalue weighted by molar-refractivity contribution is 0.458. The molecule has 0 saturated carbocycles. The van der Waals surface area contributed by atoms with Gasteiger partial charge in [0.15, 0.2) is 0 Å². The molecule has 0 aromatic carbocycles. The van der Waals surface area contributed by atoms with Crippen LogP contribution in [-0.2, 0) is 13.1 Å². The summed E-state index contributed by atoms with van der Waals surface area (Å²) in [5.74, 6) is 0.226. The number of rotatable bonds is 4. The first-order valence-electron chi connectivity index (χ1n) is 5.52. The van der Waals surface area contributed by atoms with Crippen LogP contribution in [0.1, 0.15) is 17.1 Å². The fourth-order valence-electron chi connectivity index (χ4n) is 1.54. The Morgan fingerprint density at radius 3 is 2.82 bits per heavy atom. The van der Waals surface area contributed by atoms with Gasteiger partial charge in [0, 0.05) is 25.0 Å². The predicted octanol–water partition coefficient (Wildman–Crippen LogP) is 1.78. The molecule has 2 rings (SSSR count). The van der Waals surface area contributed by atoms with E-state index in [0.29, 0.717) is 18.8 Å². The molecular weight excluding hydrogens is 214 g/mol. The second kappa shape index (κ2) is 5.41. The monoisotopic (exact) mass is 229 g/mol. The molecule has 88 valence electrons. The van der Waals surface area contributed by atoms with Crippen LogP contribution < -0.4 is 5.32 Å². The van der Waals surface area contributed by atoms with Gasteiger partial charge in [0.25, 0.3) is 0 Å². The minimum Gasteiger partial charge on any atom is -0.506 e. The van der Waals surface area contributed by atoms with E-state index >= 15 is 0 Å². The van der Waals surface area contributed by atoms with Crippen molar-refractivity contribution in [2.45, 2.75) is 20.0 Å². The molecule has 0 bridgehead atoms. The van der Waals surface area contributed by atoms with E-state index in [4.69, 9.17) is 0 Å². The smallest absolute Gasteiger partial charge is 0.138 e. The number of aryl methyl sites for hydroxylation is 1. The van der Waals surface area contributed by atoms with E-state index in [0.717, 1.165) is 11.4 Å². The average Bonchev–Trinajstić information content (AvgIpc) is 2.35. The third-order valence-corrected chi connectivity index (χ3v) is 2.41. The summed E-state index contributed by atoms with van der Waals surface area (Å²) in [7, 11) is 0. The van der Waals surface area contributed by atoms with Gasteiger partial charge in [-0.05, 0) is 31.2 Å². The fraction of sp³-hybridized carbons (Fsp3) is 0.231. The van der Waals surface area contributed by atoms with Crippen LogP contribution in [-0.4, -0.2) is 15.1 Å². The van der Waals surface area contributed by atoms with Gasteiger partial charge < -0.3 is 10.4 Å². The van der Waals surface area contributed by atoms with Crippen LogP contribution in [0.15, 0.2) is 36.5 Å². The molecule has 0 saturated heterocycles. The highest BCUT2D eigenvalue weighted by Crippen LogP contribution is 2.14. The zero-order chi connectivity index (χ0) is 12.1. The molecule has 4 nitrogen and oxygen atoms in total. The summed E-state index contributed by atoms with van der Waals surface area (Å²) < 4.78 is 0. The molecule has 0 atom stereocenters. The van der Waals surface area contributed by atoms with E-state index in [1.54, 1.807) is 18.3 Å². The van der Waals surface area contributed by atoms with E-state index in [1.807, 2.05) is 25.1 Å². The number of nitrogens with zero attached hydrogens (tertiary/aromatic N) is 2. The minimum atomic E-state index is 0.226. The van der Waals surface area contributed by atoms with Gasteiger partial charge in [0.05, 0.1) is 11.4 Å². The van der Waals surface area contributed by atoms with Gasteiger partial charge in [0.2, 0.25) is 0 Å². The van der Waals surface area contributed by atoms with Crippen molar-refractivity contribution in [3.05, 3.63) is 53.6 Å². The maximum absolute atomic E-state index is 9.61. The van der Waals surface area contributed by atoms with Crippen LogP contribution in [0.4, 0.5) is 0 Å². The molecule has 2 aromatic heterocycles. The van der Waals surface area contributed by atoms with Crippen molar-refractivity contribution in [3.63, 3.8) is 0 Å². The summed E-state index contributed by atoms with van der Waals surface area (Å²) in [5.41, 5.74) is 2.54. The van der Waals surface area contributed by atoms with Gasteiger partial charge in [-0.25, -0.2) is 0 Å². The Bertz CT molecular complexity index is 485. The van der Waals surface area contributed by atoms with Crippen molar-refractivity contribution < 1.29 is 5.11 Å². The lowest BCUT2D eigenvalue weighted by Gasteiger charge is -2.06. The van der Waals surface area contributed by atoms with Gasteiger partial charge in [-0.3, -0.25) is 9.97 Å². The van der Waals surface area contributed by atoms with Gasteiger partial charge in [-0.1, -0.05) is 6.07 Å². The van der Waals surface area contributed by atoms with Crippen LogP contribution in [0.3, 0.4) is 0 Å². The maximum Gasteiger partial charge on any atom is 0.138 e. The first-order chi connectivity index (χ1) is 8.25. The normalized spacial score (nSPS) is 10.4. The highest BCUT2D eigenvalue weighted by atomic mass is 16.3. The molecule has 0 radical (unpaired) electrons. The number of hydrogen-bond acceptors (Lipinski definition) is 4. The molecule has 0 unspecified atom stereocenters. The molecular formula is C13H15N3O. The van der Waals surface area contributed by atoms with Gasteiger partial charge in [-0.2, -0.15) is 0 Å². The summed E-state index contributed by atoms with van der Waals surface area (Å²) in [6.07, 6.45) is 1.76. The standard InChI is InChI=1S/C13H15N3O/c1-10-5-6-13(17)12(16-10)9-14-8-11-4-2-3-7-15-11/h2-7,14,17H,8-9H2,1H3. The number of aromatic nitrogens is 2. The molecule has 4 heteroatoms. The number of pyridine rings is 2. The summed E-state index contributed by atoms with van der Waals surface area (Å²) in [6.45, 7) is 3.10. The van der Waals surface area contributed by atoms with E-state index in [9.17, 15) is 5.11 Å². The quantitative estimate of drug-likeness (QED) is 0.839. The van der Waals surface area contributed by atoms with Crippen molar-refractivity contribution in [3.8, 4) is 5.75 Å². The Hall–Kier alpha value is -1.94. The second-order valence-corrected chi connectivity index (χ2v) is 3.84. The van der Waals surface area contributed by atoms with Crippen LogP contribution in [0.25, 0.3) is 0 Å². The van der Waals surface area contributed by atoms with Gasteiger partial charge >= 0.3 is 0 Å². The van der Waals surface area contributed by atoms with Crippen molar-refractivity contribution in [1.82, 2.24) is 15.3 Å². The number of aromatic hydroxyl groups is 1. The first-order valence-corrected chi connectivity index (χ1v) is 5.52. The Labute approximate surface area is 100 Å². The summed E-state index contributed by atoms with van der Waals surface area (Å²) >= 11 is 0. The average molecular weight is 229 g/mol. The van der Waals surface area contributed by atoms with Crippen molar-refractivity contribution in [1.29, 1.82) is 0 Å². The number of hydrogen-bond donors (Lipinski definition) is 2. The molecule has 0 amide bonds. The van der Waals surface area contributed by atoms with Crippen LogP contribution in [0.5, 0.6) is 5.75 Å². The second-order valence-electron chi connectivity index (χ2n) is 3.84. The van der Waals surface area contributed by atoms with Crippen LogP contribution >= 0.6 is 0 Å². The van der Waals surface area contributed by atoms with Crippen LogP contribution in [0.2, 0.25) is 0 Å².